The van der Waals surface area contributed by atoms with Crippen molar-refractivity contribution in [3.05, 3.63) is 259 Å². The number of hydrogen-bond acceptors (Lipinski definition) is 4. The Bertz CT molecular complexity index is 4390. The second-order valence-electron chi connectivity index (χ2n) is 20.9. The van der Waals surface area contributed by atoms with Crippen LogP contribution in [0.3, 0.4) is 0 Å². The maximum atomic E-state index is 7.12. The molecule has 2 heterocycles. The summed E-state index contributed by atoms with van der Waals surface area (Å²) in [6.07, 6.45) is 13.3. The molecule has 0 fully saturated rings. The van der Waals surface area contributed by atoms with Crippen LogP contribution in [-0.4, -0.2) is 0 Å². The Morgan fingerprint density at radius 1 is 0.427 bits per heavy atom. The molecule has 0 saturated heterocycles. The fourth-order valence-corrected chi connectivity index (χ4v) is 12.7. The Hall–Kier alpha value is -9.12. The van der Waals surface area contributed by atoms with Gasteiger partial charge < -0.3 is 18.6 Å². The van der Waals surface area contributed by atoms with Gasteiger partial charge in [0, 0.05) is 66.9 Å². The van der Waals surface area contributed by atoms with E-state index in [0.29, 0.717) is 0 Å². The lowest BCUT2D eigenvalue weighted by Gasteiger charge is -2.31. The molecule has 12 aromatic rings. The van der Waals surface area contributed by atoms with Crippen LogP contribution in [0.5, 0.6) is 0 Å². The topological polar surface area (TPSA) is 32.8 Å². The van der Waals surface area contributed by atoms with Gasteiger partial charge in [-0.15, -0.1) is 0 Å². The van der Waals surface area contributed by atoms with Gasteiger partial charge in [0.1, 0.15) is 16.7 Å². The Morgan fingerprint density at radius 2 is 1.11 bits per heavy atom. The first-order valence-electron chi connectivity index (χ1n) is 26.4. The highest BCUT2D eigenvalue weighted by molar-refractivity contribution is 6.30. The molecule has 3 aliphatic carbocycles. The highest BCUT2D eigenvalue weighted by Crippen LogP contribution is 2.52. The van der Waals surface area contributed by atoms with Gasteiger partial charge in [-0.1, -0.05) is 166 Å². The van der Waals surface area contributed by atoms with Crippen molar-refractivity contribution in [2.24, 2.45) is 0 Å². The number of hydrogen-bond donors (Lipinski definition) is 0. The van der Waals surface area contributed by atoms with E-state index in [1.807, 2.05) is 0 Å². The van der Waals surface area contributed by atoms with Crippen molar-refractivity contribution in [2.75, 3.05) is 9.80 Å². The lowest BCUT2D eigenvalue weighted by Crippen LogP contribution is -2.19. The summed E-state index contributed by atoms with van der Waals surface area (Å²) in [5.41, 5.74) is 20.5. The quantitative estimate of drug-likeness (QED) is 0.142. The molecular formula is C71H52N2O2. The van der Waals surface area contributed by atoms with E-state index in [-0.39, 0.29) is 5.41 Å². The Labute approximate surface area is 436 Å². The minimum atomic E-state index is -0.120. The summed E-state index contributed by atoms with van der Waals surface area (Å²) in [7, 11) is 0. The molecule has 0 aliphatic heterocycles. The van der Waals surface area contributed by atoms with E-state index in [9.17, 15) is 0 Å². The van der Waals surface area contributed by atoms with Crippen molar-refractivity contribution in [3.63, 3.8) is 0 Å². The van der Waals surface area contributed by atoms with E-state index in [2.05, 4.69) is 254 Å². The van der Waals surface area contributed by atoms with E-state index in [0.717, 1.165) is 110 Å². The molecular weight excluding hydrogens is 913 g/mol. The van der Waals surface area contributed by atoms with E-state index in [1.54, 1.807) is 0 Å². The molecule has 0 N–H and O–H groups in total. The van der Waals surface area contributed by atoms with Crippen LogP contribution in [-0.2, 0) is 11.8 Å². The Balaban J connectivity index is 0.836. The van der Waals surface area contributed by atoms with Crippen LogP contribution in [0.1, 0.15) is 61.1 Å². The first-order chi connectivity index (χ1) is 37.0. The summed E-state index contributed by atoms with van der Waals surface area (Å²) >= 11 is 0. The molecule has 10 aromatic carbocycles. The van der Waals surface area contributed by atoms with Crippen LogP contribution in [0.15, 0.2) is 239 Å². The third kappa shape index (κ3) is 6.82. The number of para-hydroxylation sites is 3. The van der Waals surface area contributed by atoms with Gasteiger partial charge in [0.25, 0.3) is 0 Å². The fraction of sp³-hybridized carbons (Fsp3) is 0.0986. The van der Waals surface area contributed by atoms with E-state index < -0.39 is 0 Å². The van der Waals surface area contributed by atoms with Crippen molar-refractivity contribution in [1.29, 1.82) is 0 Å². The largest absolute Gasteiger partial charge is 0.455 e. The number of rotatable bonds is 8. The zero-order valence-electron chi connectivity index (χ0n) is 42.0. The van der Waals surface area contributed by atoms with E-state index in [4.69, 9.17) is 8.83 Å². The Morgan fingerprint density at radius 3 is 1.96 bits per heavy atom. The average Bonchev–Trinajstić information content (AvgIpc) is 4.12. The first-order valence-corrected chi connectivity index (χ1v) is 26.4. The maximum Gasteiger partial charge on any atom is 0.155 e. The molecule has 3 aliphatic rings. The van der Waals surface area contributed by atoms with Crippen molar-refractivity contribution < 1.29 is 8.83 Å². The predicted molar refractivity (Wildman–Crippen MR) is 314 cm³/mol. The lowest BCUT2D eigenvalue weighted by molar-refractivity contribution is 0.588. The summed E-state index contributed by atoms with van der Waals surface area (Å²) in [5.74, 6) is 0.951. The molecule has 4 heteroatoms. The van der Waals surface area contributed by atoms with Gasteiger partial charge in [0.05, 0.1) is 11.4 Å². The Kier molecular flexibility index (Phi) is 9.84. The van der Waals surface area contributed by atoms with Crippen LogP contribution in [0.2, 0.25) is 0 Å². The number of aryl methyl sites for hydroxylation is 1. The van der Waals surface area contributed by atoms with Crippen molar-refractivity contribution in [1.82, 2.24) is 0 Å². The summed E-state index contributed by atoms with van der Waals surface area (Å²) < 4.78 is 13.9. The van der Waals surface area contributed by atoms with Gasteiger partial charge in [-0.2, -0.15) is 0 Å². The number of anilines is 5. The predicted octanol–water partition coefficient (Wildman–Crippen LogP) is 19.9. The first kappa shape index (κ1) is 43.5. The molecule has 2 aromatic heterocycles. The normalized spacial score (nSPS) is 14.5. The van der Waals surface area contributed by atoms with Crippen LogP contribution in [0.25, 0.3) is 88.0 Å². The van der Waals surface area contributed by atoms with Crippen LogP contribution >= 0.6 is 0 Å². The highest BCUT2D eigenvalue weighted by Gasteiger charge is 2.36. The van der Waals surface area contributed by atoms with Gasteiger partial charge in [-0.05, 0) is 154 Å². The molecule has 15 rings (SSSR count). The second kappa shape index (κ2) is 17.0. The van der Waals surface area contributed by atoms with E-state index >= 15 is 0 Å². The zero-order chi connectivity index (χ0) is 49.8. The zero-order valence-corrected chi connectivity index (χ0v) is 42.0. The van der Waals surface area contributed by atoms with Gasteiger partial charge >= 0.3 is 0 Å². The minimum Gasteiger partial charge on any atom is -0.455 e. The SMILES string of the molecule is CC1(C)c2ccccc2-c2ccc(N(c3ccccc3)c3ccc4c(c3)oc3c5ccc(-c6ccc(N(C7=CCCc8c7oc7ccccc87)c7ccccc7C7=CCCC=C7)cc6)cc5c5ccccc5c43)cc21. The molecule has 75 heavy (non-hydrogen) atoms. The molecule has 0 amide bonds. The van der Waals surface area contributed by atoms with Crippen LogP contribution in [0, 0.1) is 0 Å². The number of nitrogens with zero attached hydrogens (tertiary/aromatic N) is 2. The lowest BCUT2D eigenvalue weighted by atomic mass is 9.82. The number of benzene rings is 10. The van der Waals surface area contributed by atoms with Crippen molar-refractivity contribution >= 4 is 94.2 Å². The standard InChI is InChI=1S/C71H52N2O2/c1-71(2)62-28-14-11-24-54(62)55-40-37-50(43-63(55)71)72(48-20-7-4-8-21-48)51-38-41-60-67(44-51)75-70-59-39-34-47(42-61(59)53-23-9-10-26-57(53)68(60)70)45-32-35-49(36-33-45)73(64-29-15-12-22-52(64)46-18-5-3-6-19-46)65-30-17-27-58-56-25-13-16-31-66(56)74-69(58)65/h4-5,7-16,18-26,28-44H,3,6,17,27H2,1-2H3. The fourth-order valence-electron chi connectivity index (χ4n) is 12.7. The van der Waals surface area contributed by atoms with Crippen molar-refractivity contribution in [2.45, 2.75) is 44.9 Å². The average molecular weight is 965 g/mol. The molecule has 0 atom stereocenters. The smallest absolute Gasteiger partial charge is 0.155 e. The van der Waals surface area contributed by atoms with Crippen LogP contribution in [0.4, 0.5) is 28.4 Å². The van der Waals surface area contributed by atoms with Gasteiger partial charge in [0.2, 0.25) is 0 Å². The molecule has 0 bridgehead atoms. The van der Waals surface area contributed by atoms with Crippen molar-refractivity contribution in [3.8, 4) is 22.3 Å². The summed E-state index contributed by atoms with van der Waals surface area (Å²) in [6, 6.07) is 75.4. The molecule has 358 valence electrons. The number of furan rings is 2. The van der Waals surface area contributed by atoms with Gasteiger partial charge in [-0.25, -0.2) is 0 Å². The summed E-state index contributed by atoms with van der Waals surface area (Å²) in [4.78, 5) is 4.79. The molecule has 0 radical (unpaired) electrons. The van der Waals surface area contributed by atoms with Crippen LogP contribution < -0.4 is 9.80 Å². The third-order valence-corrected chi connectivity index (χ3v) is 16.3. The number of fused-ring (bicyclic) bond motifs is 14. The highest BCUT2D eigenvalue weighted by atomic mass is 16.3. The second-order valence-corrected chi connectivity index (χ2v) is 20.9. The summed E-state index contributed by atoms with van der Waals surface area (Å²) in [6.45, 7) is 4.69. The molecule has 0 spiro atoms. The maximum absolute atomic E-state index is 7.12. The van der Waals surface area contributed by atoms with Gasteiger partial charge in [-0.3, -0.25) is 0 Å². The summed E-state index contributed by atoms with van der Waals surface area (Å²) in [5, 5.41) is 8.10. The minimum absolute atomic E-state index is 0.120. The molecule has 0 saturated carbocycles. The van der Waals surface area contributed by atoms with Gasteiger partial charge in [0.15, 0.2) is 5.76 Å². The molecule has 4 nitrogen and oxygen atoms in total. The monoisotopic (exact) mass is 964 g/mol. The number of allylic oxidation sites excluding steroid dienone is 5. The molecule has 0 unspecified atom stereocenters. The third-order valence-electron chi connectivity index (χ3n) is 16.3. The van der Waals surface area contributed by atoms with E-state index in [1.165, 1.54) is 60.5 Å².